The molecule has 4 aromatic rings. The lowest BCUT2D eigenvalue weighted by molar-refractivity contribution is 0.413. The summed E-state index contributed by atoms with van der Waals surface area (Å²) >= 11 is 0. The van der Waals surface area contributed by atoms with Crippen LogP contribution in [-0.2, 0) is 0 Å². The van der Waals surface area contributed by atoms with Crippen molar-refractivity contribution in [3.05, 3.63) is 48.5 Å². The van der Waals surface area contributed by atoms with Crippen LogP contribution in [0.2, 0.25) is 0 Å². The highest BCUT2D eigenvalue weighted by Crippen LogP contribution is 2.33. The number of anilines is 1. The predicted molar refractivity (Wildman–Crippen MR) is 112 cm³/mol. The number of nitrogens with zero attached hydrogens (tertiary/aromatic N) is 5. The van der Waals surface area contributed by atoms with Crippen LogP contribution in [0.25, 0.3) is 33.7 Å². The zero-order chi connectivity index (χ0) is 20.5. The number of hydrogen-bond acceptors (Lipinski definition) is 7. The Hall–Kier alpha value is -3.59. The monoisotopic (exact) mass is 405 g/mol. The number of aromatic nitrogens is 5. The second kappa shape index (κ2) is 7.68. The van der Waals surface area contributed by atoms with Crippen molar-refractivity contribution in [1.29, 1.82) is 0 Å². The van der Waals surface area contributed by atoms with E-state index in [0.29, 0.717) is 22.5 Å². The summed E-state index contributed by atoms with van der Waals surface area (Å²) in [6, 6.07) is 8.54. The first-order chi connectivity index (χ1) is 14.7. The molecule has 0 atom stereocenters. The molecule has 0 aliphatic carbocycles. The Morgan fingerprint density at radius 1 is 1.13 bits per heavy atom. The first-order valence-electron chi connectivity index (χ1n) is 9.70. The molecule has 1 saturated heterocycles. The largest absolute Gasteiger partial charge is 0.496 e. The zero-order valence-electron chi connectivity index (χ0n) is 16.4. The molecule has 8 nitrogen and oxygen atoms in total. The summed E-state index contributed by atoms with van der Waals surface area (Å²) in [7, 11) is 1.49. The summed E-state index contributed by atoms with van der Waals surface area (Å²) < 4.78 is 19.8. The Morgan fingerprint density at radius 2 is 2.00 bits per heavy atom. The lowest BCUT2D eigenvalue weighted by atomic mass is 10.1. The number of aromatic amines is 1. The van der Waals surface area contributed by atoms with Gasteiger partial charge < -0.3 is 15.0 Å². The minimum absolute atomic E-state index is 0.227. The van der Waals surface area contributed by atoms with Gasteiger partial charge >= 0.3 is 0 Å². The van der Waals surface area contributed by atoms with Crippen molar-refractivity contribution in [3.8, 4) is 28.4 Å². The SMILES string of the molecule is COc1cccc(F)c1-c1ncc2[nH]nc(-c3ccnc(N4CCNCC4)c3)c2n1. The molecule has 3 aromatic heterocycles. The minimum Gasteiger partial charge on any atom is -0.496 e. The maximum absolute atomic E-state index is 14.5. The maximum atomic E-state index is 14.5. The maximum Gasteiger partial charge on any atom is 0.166 e. The van der Waals surface area contributed by atoms with Crippen LogP contribution < -0.4 is 15.0 Å². The van der Waals surface area contributed by atoms with Crippen molar-refractivity contribution in [2.24, 2.45) is 0 Å². The molecule has 0 radical (unpaired) electrons. The van der Waals surface area contributed by atoms with Gasteiger partial charge in [0.25, 0.3) is 0 Å². The second-order valence-electron chi connectivity index (χ2n) is 6.98. The highest BCUT2D eigenvalue weighted by Gasteiger charge is 2.19. The summed E-state index contributed by atoms with van der Waals surface area (Å²) in [6.45, 7) is 3.66. The van der Waals surface area contributed by atoms with E-state index in [2.05, 4.69) is 35.4 Å². The smallest absolute Gasteiger partial charge is 0.166 e. The molecule has 9 heteroatoms. The first-order valence-corrected chi connectivity index (χ1v) is 9.70. The van der Waals surface area contributed by atoms with Crippen LogP contribution in [-0.4, -0.2) is 58.4 Å². The zero-order valence-corrected chi connectivity index (χ0v) is 16.4. The number of nitrogens with one attached hydrogen (secondary N) is 2. The normalized spacial score (nSPS) is 14.3. The van der Waals surface area contributed by atoms with Crippen molar-refractivity contribution < 1.29 is 9.13 Å². The fourth-order valence-electron chi connectivity index (χ4n) is 3.66. The number of rotatable bonds is 4. The molecule has 0 unspecified atom stereocenters. The van der Waals surface area contributed by atoms with E-state index in [1.54, 1.807) is 24.5 Å². The lowest BCUT2D eigenvalue weighted by Gasteiger charge is -2.28. The van der Waals surface area contributed by atoms with E-state index in [1.807, 2.05) is 12.1 Å². The molecule has 30 heavy (non-hydrogen) atoms. The first kappa shape index (κ1) is 18.4. The number of methoxy groups -OCH3 is 1. The third kappa shape index (κ3) is 3.22. The predicted octanol–water partition coefficient (Wildman–Crippen LogP) is 2.64. The second-order valence-corrected chi connectivity index (χ2v) is 6.98. The fraction of sp³-hybridized carbons (Fsp3) is 0.238. The molecule has 1 aliphatic rings. The van der Waals surface area contributed by atoms with Crippen LogP contribution in [0.5, 0.6) is 5.75 Å². The van der Waals surface area contributed by atoms with E-state index in [1.165, 1.54) is 13.2 Å². The quantitative estimate of drug-likeness (QED) is 0.539. The molecule has 0 amide bonds. The van der Waals surface area contributed by atoms with Crippen molar-refractivity contribution in [3.63, 3.8) is 0 Å². The molecule has 1 fully saturated rings. The fourth-order valence-corrected chi connectivity index (χ4v) is 3.66. The summed E-state index contributed by atoms with van der Waals surface area (Å²) in [6.07, 6.45) is 3.38. The van der Waals surface area contributed by atoms with Gasteiger partial charge in [0, 0.05) is 37.9 Å². The minimum atomic E-state index is -0.441. The van der Waals surface area contributed by atoms with E-state index in [4.69, 9.17) is 4.74 Å². The number of pyridine rings is 1. The Balaban J connectivity index is 1.60. The molecular formula is C21H20FN7O. The summed E-state index contributed by atoms with van der Waals surface area (Å²) in [5.74, 6) is 1.08. The number of benzene rings is 1. The molecule has 1 aromatic carbocycles. The summed E-state index contributed by atoms with van der Waals surface area (Å²) in [5, 5.41) is 10.7. The van der Waals surface area contributed by atoms with Crippen molar-refractivity contribution in [2.75, 3.05) is 38.2 Å². The number of piperazine rings is 1. The molecule has 152 valence electrons. The van der Waals surface area contributed by atoms with Gasteiger partial charge in [-0.1, -0.05) is 6.07 Å². The molecule has 0 saturated carbocycles. The number of ether oxygens (including phenoxy) is 1. The Kier molecular flexibility index (Phi) is 4.72. The van der Waals surface area contributed by atoms with Gasteiger partial charge in [-0.15, -0.1) is 0 Å². The third-order valence-electron chi connectivity index (χ3n) is 5.18. The van der Waals surface area contributed by atoms with Crippen LogP contribution in [0.4, 0.5) is 10.2 Å². The van der Waals surface area contributed by atoms with Gasteiger partial charge in [-0.05, 0) is 24.3 Å². The van der Waals surface area contributed by atoms with Crippen LogP contribution in [0, 0.1) is 5.82 Å². The average Bonchev–Trinajstić information content (AvgIpc) is 3.23. The number of H-pyrrole nitrogens is 1. The highest BCUT2D eigenvalue weighted by atomic mass is 19.1. The Morgan fingerprint density at radius 3 is 2.83 bits per heavy atom. The number of fused-ring (bicyclic) bond motifs is 1. The van der Waals surface area contributed by atoms with Crippen molar-refractivity contribution >= 4 is 16.9 Å². The van der Waals surface area contributed by atoms with Gasteiger partial charge in [-0.25, -0.2) is 19.3 Å². The van der Waals surface area contributed by atoms with E-state index in [-0.39, 0.29) is 11.4 Å². The molecule has 2 N–H and O–H groups in total. The Labute approximate surface area is 172 Å². The van der Waals surface area contributed by atoms with Crippen molar-refractivity contribution in [2.45, 2.75) is 0 Å². The Bertz CT molecular complexity index is 1200. The summed E-state index contributed by atoms with van der Waals surface area (Å²) in [5.41, 5.74) is 3.07. The van der Waals surface area contributed by atoms with Gasteiger partial charge in [-0.3, -0.25) is 5.10 Å². The van der Waals surface area contributed by atoms with E-state index < -0.39 is 5.82 Å². The average molecular weight is 405 g/mol. The highest BCUT2D eigenvalue weighted by molar-refractivity contribution is 5.90. The standard InChI is InChI=1S/C21H20FN7O/c1-30-16-4-2-3-14(22)18(16)21-25-12-15-20(26-21)19(28-27-15)13-5-6-24-17(11-13)29-9-7-23-8-10-29/h2-6,11-12,23H,7-10H2,1H3,(H,27,28). The van der Waals surface area contributed by atoms with Gasteiger partial charge in [0.05, 0.1) is 18.9 Å². The van der Waals surface area contributed by atoms with Crippen LogP contribution >= 0.6 is 0 Å². The van der Waals surface area contributed by atoms with Crippen LogP contribution in [0.3, 0.4) is 0 Å². The number of hydrogen-bond donors (Lipinski definition) is 2. The molecule has 0 bridgehead atoms. The van der Waals surface area contributed by atoms with E-state index in [0.717, 1.165) is 37.6 Å². The molecular weight excluding hydrogens is 385 g/mol. The topological polar surface area (TPSA) is 91.8 Å². The molecule has 4 heterocycles. The van der Waals surface area contributed by atoms with Gasteiger partial charge in [0.2, 0.25) is 0 Å². The van der Waals surface area contributed by atoms with Gasteiger partial charge in [-0.2, -0.15) is 5.10 Å². The molecule has 1 aliphatic heterocycles. The van der Waals surface area contributed by atoms with Gasteiger partial charge in [0.15, 0.2) is 5.82 Å². The summed E-state index contributed by atoms with van der Waals surface area (Å²) in [4.78, 5) is 15.7. The van der Waals surface area contributed by atoms with Crippen LogP contribution in [0.1, 0.15) is 0 Å². The van der Waals surface area contributed by atoms with Crippen LogP contribution in [0.15, 0.2) is 42.7 Å². The lowest BCUT2D eigenvalue weighted by Crippen LogP contribution is -2.43. The molecule has 0 spiro atoms. The van der Waals surface area contributed by atoms with E-state index in [9.17, 15) is 4.39 Å². The number of halogens is 1. The van der Waals surface area contributed by atoms with Crippen molar-refractivity contribution in [1.82, 2.24) is 30.5 Å². The van der Waals surface area contributed by atoms with Gasteiger partial charge in [0.1, 0.15) is 34.1 Å². The third-order valence-corrected chi connectivity index (χ3v) is 5.18. The molecule has 5 rings (SSSR count). The van der Waals surface area contributed by atoms with E-state index >= 15 is 0 Å².